The molecule has 106 valence electrons. The summed E-state index contributed by atoms with van der Waals surface area (Å²) in [5.74, 6) is 1.40. The number of hydrogen-bond donors (Lipinski definition) is 1. The van der Waals surface area contributed by atoms with E-state index in [1.165, 1.54) is 11.1 Å². The first-order valence-electron chi connectivity index (χ1n) is 6.80. The molecular weight excluding hydrogens is 314 g/mol. The van der Waals surface area contributed by atoms with E-state index in [0.29, 0.717) is 19.1 Å². The summed E-state index contributed by atoms with van der Waals surface area (Å²) in [7, 11) is 0. The summed E-state index contributed by atoms with van der Waals surface area (Å²) in [5.41, 5.74) is 9.22. The Bertz CT molecular complexity index is 564. The van der Waals surface area contributed by atoms with E-state index in [4.69, 9.17) is 10.5 Å². The van der Waals surface area contributed by atoms with E-state index in [9.17, 15) is 0 Å². The molecule has 0 unspecified atom stereocenters. The van der Waals surface area contributed by atoms with Gasteiger partial charge in [-0.25, -0.2) is 0 Å². The SMILES string of the molecule is CC(C)c1ccc(COc2ccc(CN)cc2Br)cc1. The van der Waals surface area contributed by atoms with E-state index < -0.39 is 0 Å². The normalized spacial score (nSPS) is 10.8. The van der Waals surface area contributed by atoms with Gasteiger partial charge in [-0.2, -0.15) is 0 Å². The van der Waals surface area contributed by atoms with E-state index in [1.807, 2.05) is 18.2 Å². The van der Waals surface area contributed by atoms with Crippen LogP contribution < -0.4 is 10.5 Å². The molecule has 2 nitrogen and oxygen atoms in total. The van der Waals surface area contributed by atoms with Crippen molar-refractivity contribution in [2.45, 2.75) is 32.9 Å². The third-order valence-electron chi connectivity index (χ3n) is 3.27. The highest BCUT2D eigenvalue weighted by Crippen LogP contribution is 2.27. The van der Waals surface area contributed by atoms with Gasteiger partial charge in [-0.1, -0.05) is 44.2 Å². The summed E-state index contributed by atoms with van der Waals surface area (Å²) in [6, 6.07) is 14.5. The van der Waals surface area contributed by atoms with E-state index >= 15 is 0 Å². The molecule has 0 heterocycles. The summed E-state index contributed by atoms with van der Waals surface area (Å²) in [6.07, 6.45) is 0. The summed E-state index contributed by atoms with van der Waals surface area (Å²) in [6.45, 7) is 5.50. The van der Waals surface area contributed by atoms with E-state index in [1.54, 1.807) is 0 Å². The quantitative estimate of drug-likeness (QED) is 0.867. The molecular formula is C17H20BrNO. The molecule has 0 fully saturated rings. The monoisotopic (exact) mass is 333 g/mol. The first-order valence-corrected chi connectivity index (χ1v) is 7.59. The van der Waals surface area contributed by atoms with Gasteiger partial charge < -0.3 is 10.5 Å². The minimum Gasteiger partial charge on any atom is -0.488 e. The van der Waals surface area contributed by atoms with Crippen LogP contribution in [0.3, 0.4) is 0 Å². The topological polar surface area (TPSA) is 35.2 Å². The molecule has 0 aliphatic heterocycles. The van der Waals surface area contributed by atoms with Crippen LogP contribution in [0.25, 0.3) is 0 Å². The van der Waals surface area contributed by atoms with E-state index in [-0.39, 0.29) is 0 Å². The van der Waals surface area contributed by atoms with Crippen molar-refractivity contribution in [1.29, 1.82) is 0 Å². The average Bonchev–Trinajstić information content (AvgIpc) is 2.46. The molecule has 20 heavy (non-hydrogen) atoms. The Morgan fingerprint density at radius 2 is 1.70 bits per heavy atom. The lowest BCUT2D eigenvalue weighted by molar-refractivity contribution is 0.304. The zero-order chi connectivity index (χ0) is 14.5. The number of benzene rings is 2. The van der Waals surface area contributed by atoms with Crippen molar-refractivity contribution >= 4 is 15.9 Å². The lowest BCUT2D eigenvalue weighted by Crippen LogP contribution is -1.99. The Morgan fingerprint density at radius 1 is 1.05 bits per heavy atom. The highest BCUT2D eigenvalue weighted by molar-refractivity contribution is 9.10. The predicted octanol–water partition coefficient (Wildman–Crippen LogP) is 4.61. The van der Waals surface area contributed by atoms with Gasteiger partial charge in [-0.05, 0) is 50.7 Å². The maximum absolute atomic E-state index is 5.83. The van der Waals surface area contributed by atoms with Gasteiger partial charge in [0, 0.05) is 6.54 Å². The maximum Gasteiger partial charge on any atom is 0.134 e. The molecule has 0 radical (unpaired) electrons. The molecule has 0 atom stereocenters. The number of nitrogens with two attached hydrogens (primary N) is 1. The minimum absolute atomic E-state index is 0.537. The standard InChI is InChI=1S/C17H20BrNO/c1-12(2)15-6-3-13(4-7-15)11-20-17-8-5-14(10-19)9-16(17)18/h3-9,12H,10-11,19H2,1-2H3. The lowest BCUT2D eigenvalue weighted by Gasteiger charge is -2.10. The van der Waals surface area contributed by atoms with Gasteiger partial charge in [0.15, 0.2) is 0 Å². The largest absolute Gasteiger partial charge is 0.488 e. The Hall–Kier alpha value is -1.32. The summed E-state index contributed by atoms with van der Waals surface area (Å²) in [4.78, 5) is 0. The summed E-state index contributed by atoms with van der Waals surface area (Å²) in [5, 5.41) is 0. The van der Waals surface area contributed by atoms with Crippen LogP contribution in [0.1, 0.15) is 36.5 Å². The van der Waals surface area contributed by atoms with Crippen molar-refractivity contribution in [3.05, 3.63) is 63.6 Å². The van der Waals surface area contributed by atoms with E-state index in [0.717, 1.165) is 15.8 Å². The Labute approximate surface area is 129 Å². The number of rotatable bonds is 5. The molecule has 2 rings (SSSR count). The molecule has 0 spiro atoms. The van der Waals surface area contributed by atoms with Crippen molar-refractivity contribution in [3.8, 4) is 5.75 Å². The molecule has 0 amide bonds. The first kappa shape index (κ1) is 15.1. The van der Waals surface area contributed by atoms with Crippen molar-refractivity contribution in [2.75, 3.05) is 0 Å². The second-order valence-corrected chi connectivity index (χ2v) is 6.01. The van der Waals surface area contributed by atoms with Gasteiger partial charge in [-0.15, -0.1) is 0 Å². The minimum atomic E-state index is 0.537. The van der Waals surface area contributed by atoms with Crippen LogP contribution in [0.2, 0.25) is 0 Å². The van der Waals surface area contributed by atoms with Crippen molar-refractivity contribution in [1.82, 2.24) is 0 Å². The van der Waals surface area contributed by atoms with Gasteiger partial charge >= 0.3 is 0 Å². The molecule has 0 aromatic heterocycles. The molecule has 2 N–H and O–H groups in total. The fourth-order valence-electron chi connectivity index (χ4n) is 1.95. The molecule has 0 saturated heterocycles. The molecule has 0 aliphatic carbocycles. The van der Waals surface area contributed by atoms with Crippen LogP contribution in [-0.4, -0.2) is 0 Å². The van der Waals surface area contributed by atoms with Crippen LogP contribution >= 0.6 is 15.9 Å². The van der Waals surface area contributed by atoms with Gasteiger partial charge in [0.25, 0.3) is 0 Å². The van der Waals surface area contributed by atoms with Crippen molar-refractivity contribution in [3.63, 3.8) is 0 Å². The molecule has 0 bridgehead atoms. The molecule has 0 saturated carbocycles. The number of ether oxygens (including phenoxy) is 1. The van der Waals surface area contributed by atoms with Crippen LogP contribution in [0, 0.1) is 0 Å². The number of halogens is 1. The maximum atomic E-state index is 5.83. The second kappa shape index (κ2) is 6.91. The van der Waals surface area contributed by atoms with Crippen molar-refractivity contribution in [2.24, 2.45) is 5.73 Å². The Balaban J connectivity index is 2.01. The molecule has 2 aromatic rings. The van der Waals surface area contributed by atoms with Crippen LogP contribution in [0.4, 0.5) is 0 Å². The molecule has 0 aliphatic rings. The van der Waals surface area contributed by atoms with Crippen LogP contribution in [0.15, 0.2) is 46.9 Å². The van der Waals surface area contributed by atoms with Crippen LogP contribution in [-0.2, 0) is 13.2 Å². The zero-order valence-electron chi connectivity index (χ0n) is 11.9. The predicted molar refractivity (Wildman–Crippen MR) is 86.9 cm³/mol. The number of hydrogen-bond acceptors (Lipinski definition) is 2. The molecule has 3 heteroatoms. The average molecular weight is 334 g/mol. The first-order chi connectivity index (χ1) is 9.60. The third-order valence-corrected chi connectivity index (χ3v) is 3.89. The van der Waals surface area contributed by atoms with Crippen molar-refractivity contribution < 1.29 is 4.74 Å². The van der Waals surface area contributed by atoms with Gasteiger partial charge in [0.05, 0.1) is 4.47 Å². The fourth-order valence-corrected chi connectivity index (χ4v) is 2.49. The Kier molecular flexibility index (Phi) is 5.21. The van der Waals surface area contributed by atoms with Gasteiger partial charge in [0.2, 0.25) is 0 Å². The fraction of sp³-hybridized carbons (Fsp3) is 0.294. The Morgan fingerprint density at radius 3 is 2.25 bits per heavy atom. The molecule has 2 aromatic carbocycles. The highest BCUT2D eigenvalue weighted by atomic mass is 79.9. The second-order valence-electron chi connectivity index (χ2n) is 5.15. The van der Waals surface area contributed by atoms with Gasteiger partial charge in [-0.3, -0.25) is 0 Å². The highest BCUT2D eigenvalue weighted by Gasteiger charge is 2.04. The third kappa shape index (κ3) is 3.84. The van der Waals surface area contributed by atoms with Crippen LogP contribution in [0.5, 0.6) is 5.75 Å². The lowest BCUT2D eigenvalue weighted by atomic mass is 10.0. The summed E-state index contributed by atoms with van der Waals surface area (Å²) >= 11 is 3.51. The van der Waals surface area contributed by atoms with E-state index in [2.05, 4.69) is 54.0 Å². The zero-order valence-corrected chi connectivity index (χ0v) is 13.5. The smallest absolute Gasteiger partial charge is 0.134 e. The van der Waals surface area contributed by atoms with Gasteiger partial charge in [0.1, 0.15) is 12.4 Å². The summed E-state index contributed by atoms with van der Waals surface area (Å²) < 4.78 is 6.78.